The third-order valence-electron chi connectivity index (χ3n) is 9.38. The first-order valence-corrected chi connectivity index (χ1v) is 14.4. The van der Waals surface area contributed by atoms with E-state index in [1.807, 2.05) is 54.6 Å². The summed E-state index contributed by atoms with van der Waals surface area (Å²) in [6, 6.07) is 43.0. The Hall–Kier alpha value is -5.48. The molecule has 1 aliphatic heterocycles. The molecule has 9 rings (SSSR count). The fraction of sp³-hybridized carbons (Fsp3) is 0.0256. The van der Waals surface area contributed by atoms with Crippen molar-refractivity contribution in [3.8, 4) is 11.1 Å². The van der Waals surface area contributed by atoms with E-state index in [0.29, 0.717) is 11.1 Å². The summed E-state index contributed by atoms with van der Waals surface area (Å²) in [5, 5.41) is 1.89. The van der Waals surface area contributed by atoms with Crippen molar-refractivity contribution < 1.29 is 9.59 Å². The SMILES string of the molecule is [B]N1c2ccccc2C2(c3ccccc3-c3ccccc32)c2cc(C=C3C(=O)c4cc5ccccc5cc4C3=O)ccc21. The van der Waals surface area contributed by atoms with Gasteiger partial charge in [-0.15, -0.1) is 0 Å². The third kappa shape index (κ3) is 3.05. The molecular formula is C39H22BNO2. The maximum Gasteiger partial charge on any atom is 0.234 e. The van der Waals surface area contributed by atoms with Gasteiger partial charge in [-0.05, 0) is 86.1 Å². The Labute approximate surface area is 250 Å². The summed E-state index contributed by atoms with van der Waals surface area (Å²) < 4.78 is 0. The van der Waals surface area contributed by atoms with Crippen LogP contribution in [0.4, 0.5) is 11.4 Å². The Balaban J connectivity index is 1.29. The second kappa shape index (κ2) is 8.53. The molecule has 0 atom stereocenters. The van der Waals surface area contributed by atoms with Crippen LogP contribution in [-0.2, 0) is 5.41 Å². The van der Waals surface area contributed by atoms with Crippen molar-refractivity contribution in [1.29, 1.82) is 0 Å². The van der Waals surface area contributed by atoms with Crippen LogP contribution >= 0.6 is 0 Å². The quantitative estimate of drug-likeness (QED) is 0.118. The monoisotopic (exact) mass is 547 g/mol. The van der Waals surface area contributed by atoms with E-state index in [1.54, 1.807) is 10.9 Å². The fourth-order valence-corrected chi connectivity index (χ4v) is 7.55. The van der Waals surface area contributed by atoms with Crippen LogP contribution in [-0.4, -0.2) is 19.5 Å². The highest BCUT2D eigenvalue weighted by Crippen LogP contribution is 2.62. The van der Waals surface area contributed by atoms with E-state index in [9.17, 15) is 9.59 Å². The van der Waals surface area contributed by atoms with Gasteiger partial charge in [-0.1, -0.05) is 97.1 Å². The van der Waals surface area contributed by atoms with Crippen molar-refractivity contribution in [3.63, 3.8) is 0 Å². The lowest BCUT2D eigenvalue weighted by atomic mass is 9.64. The molecule has 0 saturated carbocycles. The summed E-state index contributed by atoms with van der Waals surface area (Å²) in [7, 11) is 6.82. The van der Waals surface area contributed by atoms with Crippen LogP contribution in [0.3, 0.4) is 0 Å². The van der Waals surface area contributed by atoms with E-state index in [-0.39, 0.29) is 17.1 Å². The van der Waals surface area contributed by atoms with Gasteiger partial charge in [-0.25, -0.2) is 0 Å². The molecule has 1 spiro atoms. The molecular weight excluding hydrogens is 525 g/mol. The Morgan fingerprint density at radius 1 is 0.512 bits per heavy atom. The normalized spacial score (nSPS) is 15.3. The average Bonchev–Trinajstić information content (AvgIpc) is 3.47. The van der Waals surface area contributed by atoms with E-state index in [0.717, 1.165) is 38.8 Å². The minimum absolute atomic E-state index is 0.187. The Bertz CT molecular complexity index is 2160. The topological polar surface area (TPSA) is 37.4 Å². The molecule has 1 heterocycles. The van der Waals surface area contributed by atoms with Gasteiger partial charge in [0.05, 0.1) is 11.0 Å². The van der Waals surface area contributed by atoms with E-state index in [1.165, 1.54) is 22.3 Å². The van der Waals surface area contributed by atoms with Gasteiger partial charge in [0.2, 0.25) is 7.98 Å². The largest absolute Gasteiger partial charge is 0.397 e. The minimum atomic E-state index is -0.617. The number of benzene rings is 6. The summed E-state index contributed by atoms with van der Waals surface area (Å²) in [6.07, 6.45) is 1.75. The van der Waals surface area contributed by atoms with Gasteiger partial charge >= 0.3 is 0 Å². The first-order valence-electron chi connectivity index (χ1n) is 14.4. The summed E-state index contributed by atoms with van der Waals surface area (Å²) in [5.41, 5.74) is 9.97. The molecule has 6 aromatic carbocycles. The van der Waals surface area contributed by atoms with Crippen molar-refractivity contribution >= 4 is 47.8 Å². The number of allylic oxidation sites excluding steroid dienone is 1. The maximum atomic E-state index is 13.6. The first-order chi connectivity index (χ1) is 21.1. The van der Waals surface area contributed by atoms with Gasteiger partial charge in [0.25, 0.3) is 0 Å². The van der Waals surface area contributed by atoms with Crippen molar-refractivity contribution in [1.82, 2.24) is 0 Å². The maximum absolute atomic E-state index is 13.6. The number of rotatable bonds is 1. The van der Waals surface area contributed by atoms with Gasteiger partial charge in [-0.3, -0.25) is 9.59 Å². The lowest BCUT2D eigenvalue weighted by Gasteiger charge is -2.44. The first kappa shape index (κ1) is 24.2. The molecule has 43 heavy (non-hydrogen) atoms. The van der Waals surface area contributed by atoms with Gasteiger partial charge in [0.1, 0.15) is 0 Å². The fourth-order valence-electron chi connectivity index (χ4n) is 7.55. The predicted octanol–water partition coefficient (Wildman–Crippen LogP) is 8.20. The smallest absolute Gasteiger partial charge is 0.234 e. The average molecular weight is 547 g/mol. The summed E-state index contributed by atoms with van der Waals surface area (Å²) in [6.45, 7) is 0. The molecule has 0 unspecified atom stereocenters. The number of para-hydroxylation sites is 1. The van der Waals surface area contributed by atoms with Crippen LogP contribution in [0.5, 0.6) is 0 Å². The molecule has 0 fully saturated rings. The molecule has 0 saturated heterocycles. The number of anilines is 2. The molecule has 4 heteroatoms. The van der Waals surface area contributed by atoms with E-state index in [4.69, 9.17) is 7.98 Å². The lowest BCUT2D eigenvalue weighted by molar-refractivity contribution is 0.0990. The lowest BCUT2D eigenvalue weighted by Crippen LogP contribution is -2.36. The van der Waals surface area contributed by atoms with Crippen molar-refractivity contribution in [3.05, 3.63) is 172 Å². The number of carbonyl (C=O) groups is 2. The summed E-state index contributed by atoms with van der Waals surface area (Å²) in [4.78, 5) is 29.0. The highest BCUT2D eigenvalue weighted by Gasteiger charge is 2.50. The van der Waals surface area contributed by atoms with Gasteiger partial charge in [0.15, 0.2) is 11.6 Å². The number of fused-ring (bicyclic) bond motifs is 11. The Morgan fingerprint density at radius 2 is 1.02 bits per heavy atom. The molecule has 6 aromatic rings. The molecule has 0 aromatic heterocycles. The zero-order chi connectivity index (χ0) is 28.9. The van der Waals surface area contributed by atoms with Crippen LogP contribution in [0.25, 0.3) is 28.0 Å². The van der Waals surface area contributed by atoms with E-state index >= 15 is 0 Å². The molecule has 2 radical (unpaired) electrons. The second-order valence-corrected chi connectivity index (χ2v) is 11.5. The number of carbonyl (C=O) groups excluding carboxylic acids is 2. The van der Waals surface area contributed by atoms with Crippen LogP contribution in [0.15, 0.2) is 133 Å². The summed E-state index contributed by atoms with van der Waals surface area (Å²) >= 11 is 0. The molecule has 0 N–H and O–H groups in total. The third-order valence-corrected chi connectivity index (χ3v) is 9.38. The van der Waals surface area contributed by atoms with Gasteiger partial charge in [0, 0.05) is 22.5 Å². The van der Waals surface area contributed by atoms with Crippen LogP contribution in [0.2, 0.25) is 0 Å². The van der Waals surface area contributed by atoms with Gasteiger partial charge in [-0.2, -0.15) is 0 Å². The van der Waals surface area contributed by atoms with Crippen molar-refractivity contribution in [2.75, 3.05) is 4.81 Å². The molecule has 3 nitrogen and oxygen atoms in total. The number of hydrogen-bond acceptors (Lipinski definition) is 3. The minimum Gasteiger partial charge on any atom is -0.397 e. The Kier molecular flexibility index (Phi) is 4.79. The summed E-state index contributed by atoms with van der Waals surface area (Å²) in [5.74, 6) is -0.471. The number of ketones is 2. The van der Waals surface area contributed by atoms with Crippen molar-refractivity contribution in [2.45, 2.75) is 5.41 Å². The van der Waals surface area contributed by atoms with E-state index < -0.39 is 5.41 Å². The van der Waals surface area contributed by atoms with Crippen LogP contribution in [0, 0.1) is 0 Å². The van der Waals surface area contributed by atoms with Crippen molar-refractivity contribution in [2.24, 2.45) is 0 Å². The molecule has 198 valence electrons. The Morgan fingerprint density at radius 3 is 1.65 bits per heavy atom. The second-order valence-electron chi connectivity index (χ2n) is 11.5. The van der Waals surface area contributed by atoms with Crippen LogP contribution in [0.1, 0.15) is 48.5 Å². The number of Topliss-reactive ketones (excluding diaryl/α,β-unsaturated/α-hetero) is 2. The zero-order valence-corrected chi connectivity index (χ0v) is 23.0. The number of hydrogen-bond donors (Lipinski definition) is 0. The standard InChI is InChI=1S/C39H22BNO2/c40-41-35-16-8-7-15-33(35)39(31-13-5-3-11-26(31)27-12-4-6-14-32(27)39)34-20-23(17-18-36(34)41)19-30-37(42)28-21-24-9-1-2-10-25(24)22-29(28)38(30)43/h1-22H. The highest BCUT2D eigenvalue weighted by atomic mass is 16.2. The molecule has 2 aliphatic carbocycles. The van der Waals surface area contributed by atoms with Gasteiger partial charge < -0.3 is 4.81 Å². The number of nitrogens with zero attached hydrogens (tertiary/aromatic N) is 1. The predicted molar refractivity (Wildman–Crippen MR) is 172 cm³/mol. The van der Waals surface area contributed by atoms with Crippen LogP contribution < -0.4 is 4.81 Å². The molecule has 0 amide bonds. The zero-order valence-electron chi connectivity index (χ0n) is 23.0. The molecule has 3 aliphatic rings. The molecule has 0 bridgehead atoms. The van der Waals surface area contributed by atoms with E-state index in [2.05, 4.69) is 72.8 Å². The highest BCUT2D eigenvalue weighted by molar-refractivity contribution is 6.42.